The van der Waals surface area contributed by atoms with Gasteiger partial charge in [0.15, 0.2) is 0 Å². The van der Waals surface area contributed by atoms with E-state index < -0.39 is 0 Å². The van der Waals surface area contributed by atoms with Gasteiger partial charge in [0, 0.05) is 18.6 Å². The number of nitrogens with two attached hydrogens (primary N) is 1. The average molecular weight is 168 g/mol. The second kappa shape index (κ2) is 3.00. The van der Waals surface area contributed by atoms with Gasteiger partial charge in [-0.25, -0.2) is 0 Å². The standard InChI is InChI=1S/C10H20N2/c1-7(2)8-6-12-5-3-4-9(12)10(8)11/h7-10H,3-6,11H2,1-2H3/t8-,9+,10+/m0/s1. The smallest absolute Gasteiger partial charge is 0.0251 e. The molecule has 0 bridgehead atoms. The van der Waals surface area contributed by atoms with Crippen molar-refractivity contribution < 1.29 is 0 Å². The normalized spacial score (nSPS) is 42.5. The van der Waals surface area contributed by atoms with Gasteiger partial charge in [0.2, 0.25) is 0 Å². The topological polar surface area (TPSA) is 29.3 Å². The molecule has 0 amide bonds. The Balaban J connectivity index is 2.05. The van der Waals surface area contributed by atoms with E-state index in [-0.39, 0.29) is 0 Å². The van der Waals surface area contributed by atoms with Gasteiger partial charge in [-0.15, -0.1) is 0 Å². The van der Waals surface area contributed by atoms with Crippen LogP contribution in [-0.2, 0) is 0 Å². The van der Waals surface area contributed by atoms with E-state index in [4.69, 9.17) is 5.73 Å². The van der Waals surface area contributed by atoms with E-state index in [1.807, 2.05) is 0 Å². The molecule has 2 heteroatoms. The lowest BCUT2D eigenvalue weighted by atomic mass is 9.88. The molecular formula is C10H20N2. The SMILES string of the molecule is CC(C)[C@@H]1CN2CCC[C@@H]2[C@@H]1N. The molecule has 3 atom stereocenters. The van der Waals surface area contributed by atoms with E-state index in [0.29, 0.717) is 6.04 Å². The number of hydrogen-bond acceptors (Lipinski definition) is 2. The predicted octanol–water partition coefficient (Wildman–Crippen LogP) is 1.06. The average Bonchev–Trinajstić information content (AvgIpc) is 2.53. The van der Waals surface area contributed by atoms with E-state index >= 15 is 0 Å². The van der Waals surface area contributed by atoms with Crippen molar-refractivity contribution in [2.75, 3.05) is 13.1 Å². The highest BCUT2D eigenvalue weighted by Crippen LogP contribution is 2.33. The summed E-state index contributed by atoms with van der Waals surface area (Å²) in [7, 11) is 0. The van der Waals surface area contributed by atoms with Crippen LogP contribution in [0, 0.1) is 11.8 Å². The molecule has 0 aliphatic carbocycles. The zero-order chi connectivity index (χ0) is 8.72. The van der Waals surface area contributed by atoms with Gasteiger partial charge in [0.25, 0.3) is 0 Å². The second-order valence-corrected chi connectivity index (χ2v) is 4.69. The van der Waals surface area contributed by atoms with Crippen LogP contribution >= 0.6 is 0 Å². The molecule has 2 aliphatic heterocycles. The Morgan fingerprint density at radius 1 is 1.42 bits per heavy atom. The third-order valence-corrected chi connectivity index (χ3v) is 3.65. The van der Waals surface area contributed by atoms with Crippen molar-refractivity contribution in [1.29, 1.82) is 0 Å². The molecule has 2 heterocycles. The maximum atomic E-state index is 6.22. The Labute approximate surface area is 75.1 Å². The largest absolute Gasteiger partial charge is 0.326 e. The zero-order valence-corrected chi connectivity index (χ0v) is 8.16. The highest BCUT2D eigenvalue weighted by molar-refractivity contribution is 4.99. The van der Waals surface area contributed by atoms with Crippen LogP contribution in [-0.4, -0.2) is 30.1 Å². The Morgan fingerprint density at radius 3 is 2.75 bits per heavy atom. The van der Waals surface area contributed by atoms with Gasteiger partial charge in [-0.3, -0.25) is 4.90 Å². The highest BCUT2D eigenvalue weighted by Gasteiger charge is 2.42. The van der Waals surface area contributed by atoms with E-state index in [2.05, 4.69) is 18.7 Å². The minimum Gasteiger partial charge on any atom is -0.326 e. The van der Waals surface area contributed by atoms with Gasteiger partial charge in [0.1, 0.15) is 0 Å². The third-order valence-electron chi connectivity index (χ3n) is 3.65. The van der Waals surface area contributed by atoms with Crippen LogP contribution in [0.15, 0.2) is 0 Å². The van der Waals surface area contributed by atoms with E-state index in [1.54, 1.807) is 0 Å². The Morgan fingerprint density at radius 2 is 2.17 bits per heavy atom. The van der Waals surface area contributed by atoms with Crippen molar-refractivity contribution in [1.82, 2.24) is 4.90 Å². The van der Waals surface area contributed by atoms with Crippen molar-refractivity contribution in [3.05, 3.63) is 0 Å². The van der Waals surface area contributed by atoms with Crippen LogP contribution in [0.5, 0.6) is 0 Å². The first-order chi connectivity index (χ1) is 5.70. The number of fused-ring (bicyclic) bond motifs is 1. The maximum Gasteiger partial charge on any atom is 0.0251 e. The van der Waals surface area contributed by atoms with Gasteiger partial charge in [0.05, 0.1) is 0 Å². The molecule has 2 aliphatic rings. The van der Waals surface area contributed by atoms with Crippen molar-refractivity contribution in [3.8, 4) is 0 Å². The molecule has 2 rings (SSSR count). The molecular weight excluding hydrogens is 148 g/mol. The van der Waals surface area contributed by atoms with Gasteiger partial charge in [-0.1, -0.05) is 13.8 Å². The van der Waals surface area contributed by atoms with E-state index in [9.17, 15) is 0 Å². The van der Waals surface area contributed by atoms with Crippen LogP contribution < -0.4 is 5.73 Å². The van der Waals surface area contributed by atoms with Gasteiger partial charge in [-0.2, -0.15) is 0 Å². The number of nitrogens with zero attached hydrogens (tertiary/aromatic N) is 1. The quantitative estimate of drug-likeness (QED) is 0.634. The fourth-order valence-electron chi connectivity index (χ4n) is 2.85. The summed E-state index contributed by atoms with van der Waals surface area (Å²) < 4.78 is 0. The monoisotopic (exact) mass is 168 g/mol. The summed E-state index contributed by atoms with van der Waals surface area (Å²) in [5.74, 6) is 1.50. The lowest BCUT2D eigenvalue weighted by molar-refractivity contribution is 0.304. The fourth-order valence-corrected chi connectivity index (χ4v) is 2.85. The van der Waals surface area contributed by atoms with Crippen molar-refractivity contribution >= 4 is 0 Å². The van der Waals surface area contributed by atoms with E-state index in [1.165, 1.54) is 25.9 Å². The van der Waals surface area contributed by atoms with Crippen LogP contribution in [0.1, 0.15) is 26.7 Å². The Bertz CT molecular complexity index is 167. The lowest BCUT2D eigenvalue weighted by Gasteiger charge is -2.21. The molecule has 70 valence electrons. The highest BCUT2D eigenvalue weighted by atomic mass is 15.2. The van der Waals surface area contributed by atoms with Crippen molar-refractivity contribution in [2.45, 2.75) is 38.8 Å². The fraction of sp³-hybridized carbons (Fsp3) is 1.00. The molecule has 0 spiro atoms. The molecule has 0 aromatic carbocycles. The third kappa shape index (κ3) is 1.17. The lowest BCUT2D eigenvalue weighted by Crippen LogP contribution is -2.38. The molecule has 0 radical (unpaired) electrons. The molecule has 2 fully saturated rings. The molecule has 2 nitrogen and oxygen atoms in total. The molecule has 0 aromatic rings. The summed E-state index contributed by atoms with van der Waals surface area (Å²) in [5.41, 5.74) is 6.22. The van der Waals surface area contributed by atoms with Gasteiger partial charge in [-0.05, 0) is 31.2 Å². The molecule has 12 heavy (non-hydrogen) atoms. The molecule has 2 N–H and O–H groups in total. The molecule has 2 saturated heterocycles. The summed E-state index contributed by atoms with van der Waals surface area (Å²) in [6.07, 6.45) is 2.70. The minimum absolute atomic E-state index is 0.451. The van der Waals surface area contributed by atoms with Crippen LogP contribution in [0.25, 0.3) is 0 Å². The summed E-state index contributed by atoms with van der Waals surface area (Å²) in [6, 6.07) is 1.17. The van der Waals surface area contributed by atoms with Crippen LogP contribution in [0.3, 0.4) is 0 Å². The minimum atomic E-state index is 0.451. The van der Waals surface area contributed by atoms with Gasteiger partial charge >= 0.3 is 0 Å². The first-order valence-electron chi connectivity index (χ1n) is 5.20. The predicted molar refractivity (Wildman–Crippen MR) is 50.9 cm³/mol. The zero-order valence-electron chi connectivity index (χ0n) is 8.16. The molecule has 0 saturated carbocycles. The molecule has 0 unspecified atom stereocenters. The Kier molecular flexibility index (Phi) is 2.13. The van der Waals surface area contributed by atoms with Crippen LogP contribution in [0.4, 0.5) is 0 Å². The first kappa shape index (κ1) is 8.52. The Hall–Kier alpha value is -0.0800. The summed E-state index contributed by atoms with van der Waals surface area (Å²) in [4.78, 5) is 2.59. The first-order valence-corrected chi connectivity index (χ1v) is 5.20. The second-order valence-electron chi connectivity index (χ2n) is 4.69. The maximum absolute atomic E-state index is 6.22. The van der Waals surface area contributed by atoms with Crippen molar-refractivity contribution in [3.63, 3.8) is 0 Å². The summed E-state index contributed by atoms with van der Waals surface area (Å²) >= 11 is 0. The van der Waals surface area contributed by atoms with E-state index in [0.717, 1.165) is 17.9 Å². The van der Waals surface area contributed by atoms with Crippen molar-refractivity contribution in [2.24, 2.45) is 17.6 Å². The number of rotatable bonds is 1. The summed E-state index contributed by atoms with van der Waals surface area (Å²) in [5, 5.41) is 0. The van der Waals surface area contributed by atoms with Crippen LogP contribution in [0.2, 0.25) is 0 Å². The molecule has 0 aromatic heterocycles. The summed E-state index contributed by atoms with van der Waals surface area (Å²) in [6.45, 7) is 7.14. The number of hydrogen-bond donors (Lipinski definition) is 1. The van der Waals surface area contributed by atoms with Gasteiger partial charge < -0.3 is 5.73 Å².